The van der Waals surface area contributed by atoms with Crippen LogP contribution < -0.4 is 10.5 Å². The topological polar surface area (TPSA) is 73.3 Å². The summed E-state index contributed by atoms with van der Waals surface area (Å²) in [6, 6.07) is 7.57. The van der Waals surface area contributed by atoms with Gasteiger partial charge in [-0.3, -0.25) is 0 Å². The van der Waals surface area contributed by atoms with Gasteiger partial charge in [0.15, 0.2) is 0 Å². The average Bonchev–Trinajstić information content (AvgIpc) is 2.89. The van der Waals surface area contributed by atoms with Crippen LogP contribution in [0.2, 0.25) is 0 Å². The number of hydrogen-bond acceptors (Lipinski definition) is 4. The Kier molecular flexibility index (Phi) is 4.33. The van der Waals surface area contributed by atoms with Crippen LogP contribution in [0.15, 0.2) is 43.0 Å². The number of benzene rings is 1. The Bertz CT molecular complexity index is 471. The summed E-state index contributed by atoms with van der Waals surface area (Å²) in [6.07, 6.45) is 4.57. The molecule has 0 saturated carbocycles. The van der Waals surface area contributed by atoms with E-state index in [1.54, 1.807) is 18.7 Å². The largest absolute Gasteiger partial charge is 0.490 e. The highest BCUT2D eigenvalue weighted by molar-refractivity contribution is 5.32. The predicted molar refractivity (Wildman–Crippen MR) is 68.1 cm³/mol. The molecular weight excluding hydrogens is 230 g/mol. The van der Waals surface area contributed by atoms with E-state index in [4.69, 9.17) is 10.5 Å². The van der Waals surface area contributed by atoms with Crippen molar-refractivity contribution < 1.29 is 9.84 Å². The first-order chi connectivity index (χ1) is 8.79. The number of para-hydroxylation sites is 1. The summed E-state index contributed by atoms with van der Waals surface area (Å²) in [5, 5.41) is 9.84. The number of rotatable bonds is 6. The highest BCUT2D eigenvalue weighted by atomic mass is 16.5. The molecule has 0 bridgehead atoms. The van der Waals surface area contributed by atoms with Crippen LogP contribution in [0, 0.1) is 0 Å². The third-order valence-electron chi connectivity index (χ3n) is 2.60. The van der Waals surface area contributed by atoms with Crippen molar-refractivity contribution in [2.45, 2.75) is 19.2 Å². The van der Waals surface area contributed by atoms with Gasteiger partial charge in [0.25, 0.3) is 0 Å². The number of nitrogens with zero attached hydrogens (tertiary/aromatic N) is 2. The van der Waals surface area contributed by atoms with E-state index in [-0.39, 0.29) is 6.61 Å². The number of hydrogen-bond donors (Lipinski definition) is 2. The van der Waals surface area contributed by atoms with Crippen LogP contribution in [-0.2, 0) is 13.1 Å². The summed E-state index contributed by atoms with van der Waals surface area (Å²) >= 11 is 0. The fraction of sp³-hybridized carbons (Fsp3) is 0.308. The first-order valence-electron chi connectivity index (χ1n) is 5.84. The monoisotopic (exact) mass is 247 g/mol. The number of aliphatic hydroxyl groups is 1. The van der Waals surface area contributed by atoms with Crippen molar-refractivity contribution in [1.82, 2.24) is 9.55 Å². The van der Waals surface area contributed by atoms with Gasteiger partial charge in [-0.25, -0.2) is 4.98 Å². The third-order valence-corrected chi connectivity index (χ3v) is 2.60. The van der Waals surface area contributed by atoms with Crippen LogP contribution >= 0.6 is 0 Å². The molecule has 0 saturated heterocycles. The molecule has 2 aromatic rings. The summed E-state index contributed by atoms with van der Waals surface area (Å²) in [4.78, 5) is 3.92. The maximum Gasteiger partial charge on any atom is 0.123 e. The molecule has 0 aliphatic rings. The van der Waals surface area contributed by atoms with Crippen LogP contribution in [0.1, 0.15) is 5.56 Å². The lowest BCUT2D eigenvalue weighted by molar-refractivity contribution is 0.0920. The zero-order valence-electron chi connectivity index (χ0n) is 10.1. The van der Waals surface area contributed by atoms with E-state index >= 15 is 0 Å². The number of nitrogens with two attached hydrogens (primary N) is 1. The van der Waals surface area contributed by atoms with E-state index in [2.05, 4.69) is 4.98 Å². The first-order valence-corrected chi connectivity index (χ1v) is 5.84. The summed E-state index contributed by atoms with van der Waals surface area (Å²) in [6.45, 7) is 1.12. The van der Waals surface area contributed by atoms with Gasteiger partial charge in [0.2, 0.25) is 0 Å². The van der Waals surface area contributed by atoms with Crippen molar-refractivity contribution in [3.8, 4) is 5.75 Å². The second-order valence-corrected chi connectivity index (χ2v) is 4.04. The lowest BCUT2D eigenvalue weighted by Gasteiger charge is -2.14. The third kappa shape index (κ3) is 3.32. The van der Waals surface area contributed by atoms with Crippen molar-refractivity contribution in [3.05, 3.63) is 48.5 Å². The highest BCUT2D eigenvalue weighted by Crippen LogP contribution is 2.17. The second kappa shape index (κ2) is 6.18. The minimum Gasteiger partial charge on any atom is -0.490 e. The summed E-state index contributed by atoms with van der Waals surface area (Å²) in [7, 11) is 0. The van der Waals surface area contributed by atoms with Gasteiger partial charge in [-0.15, -0.1) is 0 Å². The quantitative estimate of drug-likeness (QED) is 0.791. The molecule has 1 aromatic heterocycles. The highest BCUT2D eigenvalue weighted by Gasteiger charge is 2.07. The number of aromatic nitrogens is 2. The molecule has 96 valence electrons. The molecule has 1 heterocycles. The van der Waals surface area contributed by atoms with Crippen molar-refractivity contribution in [2.24, 2.45) is 5.73 Å². The molecular formula is C13H17N3O2. The average molecular weight is 247 g/mol. The van der Waals surface area contributed by atoms with Crippen LogP contribution in [-0.4, -0.2) is 27.4 Å². The fourth-order valence-corrected chi connectivity index (χ4v) is 1.69. The van der Waals surface area contributed by atoms with Crippen molar-refractivity contribution in [2.75, 3.05) is 6.61 Å². The Balaban J connectivity index is 1.87. The minimum absolute atomic E-state index is 0.231. The van der Waals surface area contributed by atoms with Crippen LogP contribution in [0.3, 0.4) is 0 Å². The molecule has 5 nitrogen and oxygen atoms in total. The Labute approximate surface area is 106 Å². The van der Waals surface area contributed by atoms with E-state index in [0.717, 1.165) is 11.3 Å². The van der Waals surface area contributed by atoms with E-state index in [9.17, 15) is 5.11 Å². The molecule has 1 atom stereocenters. The molecule has 0 fully saturated rings. The molecule has 1 unspecified atom stereocenters. The molecule has 0 aliphatic carbocycles. The van der Waals surface area contributed by atoms with E-state index in [0.29, 0.717) is 13.1 Å². The molecule has 0 spiro atoms. The maximum atomic E-state index is 9.84. The minimum atomic E-state index is -0.579. The van der Waals surface area contributed by atoms with Gasteiger partial charge in [0.1, 0.15) is 18.5 Å². The summed E-state index contributed by atoms with van der Waals surface area (Å²) in [5.74, 6) is 0.727. The van der Waals surface area contributed by atoms with Gasteiger partial charge < -0.3 is 20.1 Å². The normalized spacial score (nSPS) is 12.3. The van der Waals surface area contributed by atoms with E-state index < -0.39 is 6.10 Å². The van der Waals surface area contributed by atoms with Crippen LogP contribution in [0.5, 0.6) is 5.75 Å². The van der Waals surface area contributed by atoms with Gasteiger partial charge in [-0.05, 0) is 6.07 Å². The Morgan fingerprint density at radius 2 is 2.22 bits per heavy atom. The zero-order chi connectivity index (χ0) is 12.8. The number of ether oxygens (including phenoxy) is 1. The molecule has 5 heteroatoms. The summed E-state index contributed by atoms with van der Waals surface area (Å²) < 4.78 is 7.38. The standard InChI is InChI=1S/C13H17N3O2/c14-7-11-3-1-2-4-13(11)18-9-12(17)8-16-6-5-15-10-16/h1-6,10,12,17H,7-9,14H2. The second-order valence-electron chi connectivity index (χ2n) is 4.04. The van der Waals surface area contributed by atoms with Gasteiger partial charge >= 0.3 is 0 Å². The lowest BCUT2D eigenvalue weighted by atomic mass is 10.2. The Morgan fingerprint density at radius 1 is 1.39 bits per heavy atom. The molecule has 18 heavy (non-hydrogen) atoms. The molecule has 0 radical (unpaired) electrons. The van der Waals surface area contributed by atoms with Crippen molar-refractivity contribution >= 4 is 0 Å². The number of imidazole rings is 1. The SMILES string of the molecule is NCc1ccccc1OCC(O)Cn1ccnc1. The summed E-state index contributed by atoms with van der Waals surface area (Å²) in [5.41, 5.74) is 6.55. The van der Waals surface area contributed by atoms with E-state index in [1.807, 2.05) is 28.8 Å². The van der Waals surface area contributed by atoms with Gasteiger partial charge in [-0.1, -0.05) is 18.2 Å². The molecule has 3 N–H and O–H groups in total. The molecule has 1 aromatic carbocycles. The smallest absolute Gasteiger partial charge is 0.123 e. The predicted octanol–water partition coefficient (Wildman–Crippen LogP) is 0.782. The number of aliphatic hydroxyl groups excluding tert-OH is 1. The van der Waals surface area contributed by atoms with Crippen molar-refractivity contribution in [3.63, 3.8) is 0 Å². The molecule has 0 amide bonds. The lowest BCUT2D eigenvalue weighted by Crippen LogP contribution is -2.23. The fourth-order valence-electron chi connectivity index (χ4n) is 1.69. The molecule has 2 rings (SSSR count). The maximum absolute atomic E-state index is 9.84. The Hall–Kier alpha value is -1.85. The van der Waals surface area contributed by atoms with Crippen molar-refractivity contribution in [1.29, 1.82) is 0 Å². The van der Waals surface area contributed by atoms with Gasteiger partial charge in [-0.2, -0.15) is 0 Å². The van der Waals surface area contributed by atoms with E-state index in [1.165, 1.54) is 0 Å². The first kappa shape index (κ1) is 12.6. The zero-order valence-corrected chi connectivity index (χ0v) is 10.1. The van der Waals surface area contributed by atoms with Crippen LogP contribution in [0.4, 0.5) is 0 Å². The van der Waals surface area contributed by atoms with Gasteiger partial charge in [0, 0.05) is 24.5 Å². The van der Waals surface area contributed by atoms with Crippen LogP contribution in [0.25, 0.3) is 0 Å². The Morgan fingerprint density at radius 3 is 2.94 bits per heavy atom. The molecule has 0 aliphatic heterocycles. The van der Waals surface area contributed by atoms with Gasteiger partial charge in [0.05, 0.1) is 12.9 Å².